The summed E-state index contributed by atoms with van der Waals surface area (Å²) in [6.07, 6.45) is 4.08. The van der Waals surface area contributed by atoms with Gasteiger partial charge in [0.05, 0.1) is 0 Å². The molecule has 2 unspecified atom stereocenters. The number of carbonyl (C=O) groups is 1. The summed E-state index contributed by atoms with van der Waals surface area (Å²) in [4.78, 5) is 14.2. The number of likely N-dealkylation sites (tertiary alicyclic amines) is 1. The Morgan fingerprint density at radius 3 is 2.65 bits per heavy atom. The molecule has 100 valence electrons. The maximum absolute atomic E-state index is 12.1. The molecule has 1 rings (SSSR count). The minimum absolute atomic E-state index is 0.317. The van der Waals surface area contributed by atoms with E-state index >= 15 is 0 Å². The van der Waals surface area contributed by atoms with Crippen LogP contribution in [0.1, 0.15) is 46.5 Å². The highest BCUT2D eigenvalue weighted by Gasteiger charge is 2.26. The Hall–Kier alpha value is -0.570. The van der Waals surface area contributed by atoms with E-state index in [2.05, 4.69) is 20.8 Å². The smallest absolute Gasteiger partial charge is 0.222 e. The lowest BCUT2D eigenvalue weighted by Gasteiger charge is -2.21. The largest absolute Gasteiger partial charge is 0.342 e. The molecule has 3 nitrogen and oxygen atoms in total. The molecular formula is C14H28N2O. The molecule has 1 saturated heterocycles. The standard InChI is InChI=1S/C14H28N2O/c1-4-12-5-6-16(10-12)14(17)8-13(9-15)7-11(2)3/h11-13H,4-10,15H2,1-3H3. The van der Waals surface area contributed by atoms with Crippen molar-refractivity contribution in [2.24, 2.45) is 23.5 Å². The highest BCUT2D eigenvalue weighted by Crippen LogP contribution is 2.22. The van der Waals surface area contributed by atoms with E-state index in [9.17, 15) is 4.79 Å². The topological polar surface area (TPSA) is 46.3 Å². The number of amides is 1. The molecule has 1 aliphatic heterocycles. The third kappa shape index (κ3) is 4.66. The van der Waals surface area contributed by atoms with E-state index in [-0.39, 0.29) is 0 Å². The van der Waals surface area contributed by atoms with Gasteiger partial charge in [0.25, 0.3) is 0 Å². The van der Waals surface area contributed by atoms with Crippen LogP contribution in [0.5, 0.6) is 0 Å². The van der Waals surface area contributed by atoms with Gasteiger partial charge in [-0.15, -0.1) is 0 Å². The van der Waals surface area contributed by atoms with Crippen LogP contribution in [0.2, 0.25) is 0 Å². The fraction of sp³-hybridized carbons (Fsp3) is 0.929. The van der Waals surface area contributed by atoms with Crippen molar-refractivity contribution in [3.63, 3.8) is 0 Å². The molecule has 1 aliphatic rings. The molecule has 0 spiro atoms. The van der Waals surface area contributed by atoms with Gasteiger partial charge in [0, 0.05) is 19.5 Å². The Morgan fingerprint density at radius 1 is 1.47 bits per heavy atom. The summed E-state index contributed by atoms with van der Waals surface area (Å²) in [6, 6.07) is 0. The van der Waals surface area contributed by atoms with Crippen molar-refractivity contribution in [3.8, 4) is 0 Å². The second-order valence-corrected chi connectivity index (χ2v) is 5.84. The van der Waals surface area contributed by atoms with Gasteiger partial charge in [-0.1, -0.05) is 27.2 Å². The molecule has 0 radical (unpaired) electrons. The average molecular weight is 240 g/mol. The van der Waals surface area contributed by atoms with Crippen molar-refractivity contribution in [3.05, 3.63) is 0 Å². The van der Waals surface area contributed by atoms with Crippen molar-refractivity contribution in [1.82, 2.24) is 4.90 Å². The van der Waals surface area contributed by atoms with Gasteiger partial charge >= 0.3 is 0 Å². The molecule has 1 fully saturated rings. The minimum Gasteiger partial charge on any atom is -0.342 e. The summed E-state index contributed by atoms with van der Waals surface area (Å²) in [6.45, 7) is 9.14. The van der Waals surface area contributed by atoms with Gasteiger partial charge < -0.3 is 10.6 Å². The normalized spacial score (nSPS) is 22.2. The molecular weight excluding hydrogens is 212 g/mol. The van der Waals surface area contributed by atoms with E-state index in [0.717, 1.165) is 25.4 Å². The van der Waals surface area contributed by atoms with Gasteiger partial charge in [-0.2, -0.15) is 0 Å². The quantitative estimate of drug-likeness (QED) is 0.774. The van der Waals surface area contributed by atoms with Crippen molar-refractivity contribution in [1.29, 1.82) is 0 Å². The minimum atomic E-state index is 0.317. The third-order valence-electron chi connectivity index (χ3n) is 3.82. The number of nitrogens with two attached hydrogens (primary N) is 1. The molecule has 0 aromatic carbocycles. The van der Waals surface area contributed by atoms with E-state index in [1.165, 1.54) is 12.8 Å². The monoisotopic (exact) mass is 240 g/mol. The number of nitrogens with zero attached hydrogens (tertiary/aromatic N) is 1. The third-order valence-corrected chi connectivity index (χ3v) is 3.82. The van der Waals surface area contributed by atoms with Crippen LogP contribution in [-0.4, -0.2) is 30.4 Å². The van der Waals surface area contributed by atoms with Crippen LogP contribution < -0.4 is 5.73 Å². The van der Waals surface area contributed by atoms with Gasteiger partial charge in [-0.05, 0) is 37.1 Å². The molecule has 3 heteroatoms. The molecule has 2 atom stereocenters. The molecule has 17 heavy (non-hydrogen) atoms. The van der Waals surface area contributed by atoms with Gasteiger partial charge in [-0.3, -0.25) is 4.79 Å². The van der Waals surface area contributed by atoms with E-state index in [4.69, 9.17) is 5.73 Å². The lowest BCUT2D eigenvalue weighted by atomic mass is 9.94. The van der Waals surface area contributed by atoms with Crippen LogP contribution in [0.3, 0.4) is 0 Å². The van der Waals surface area contributed by atoms with E-state index in [0.29, 0.717) is 30.7 Å². The van der Waals surface area contributed by atoms with Crippen molar-refractivity contribution < 1.29 is 4.79 Å². The lowest BCUT2D eigenvalue weighted by molar-refractivity contribution is -0.131. The van der Waals surface area contributed by atoms with Crippen LogP contribution in [0, 0.1) is 17.8 Å². The van der Waals surface area contributed by atoms with Crippen LogP contribution >= 0.6 is 0 Å². The molecule has 0 aromatic heterocycles. The first-order valence-electron chi connectivity index (χ1n) is 7.04. The second kappa shape index (κ2) is 7.00. The van der Waals surface area contributed by atoms with Crippen LogP contribution in [-0.2, 0) is 4.79 Å². The highest BCUT2D eigenvalue weighted by atomic mass is 16.2. The number of hydrogen-bond acceptors (Lipinski definition) is 2. The summed E-state index contributed by atoms with van der Waals surface area (Å²) in [5.74, 6) is 2.03. The number of hydrogen-bond donors (Lipinski definition) is 1. The molecule has 0 bridgehead atoms. The SMILES string of the molecule is CCC1CCN(C(=O)CC(CN)CC(C)C)C1. The Morgan fingerprint density at radius 2 is 2.18 bits per heavy atom. The maximum Gasteiger partial charge on any atom is 0.222 e. The molecule has 0 aromatic rings. The maximum atomic E-state index is 12.1. The van der Waals surface area contributed by atoms with Gasteiger partial charge in [0.2, 0.25) is 5.91 Å². The molecule has 2 N–H and O–H groups in total. The predicted molar refractivity (Wildman–Crippen MR) is 71.6 cm³/mol. The summed E-state index contributed by atoms with van der Waals surface area (Å²) in [5, 5.41) is 0. The van der Waals surface area contributed by atoms with Gasteiger partial charge in [0.1, 0.15) is 0 Å². The number of carbonyl (C=O) groups excluding carboxylic acids is 1. The van der Waals surface area contributed by atoms with Crippen LogP contribution in [0.15, 0.2) is 0 Å². The average Bonchev–Trinajstić information content (AvgIpc) is 2.75. The fourth-order valence-corrected chi connectivity index (χ4v) is 2.70. The summed E-state index contributed by atoms with van der Waals surface area (Å²) in [7, 11) is 0. The second-order valence-electron chi connectivity index (χ2n) is 5.84. The van der Waals surface area contributed by atoms with E-state index in [1.54, 1.807) is 0 Å². The zero-order valence-electron chi connectivity index (χ0n) is 11.6. The molecule has 0 aliphatic carbocycles. The van der Waals surface area contributed by atoms with E-state index in [1.807, 2.05) is 4.90 Å². The molecule has 0 saturated carbocycles. The summed E-state index contributed by atoms with van der Waals surface area (Å²) in [5.41, 5.74) is 5.75. The zero-order chi connectivity index (χ0) is 12.8. The van der Waals surface area contributed by atoms with E-state index < -0.39 is 0 Å². The Kier molecular flexibility index (Phi) is 5.96. The van der Waals surface area contributed by atoms with Gasteiger partial charge in [0.15, 0.2) is 0 Å². The van der Waals surface area contributed by atoms with Crippen molar-refractivity contribution >= 4 is 5.91 Å². The Bertz CT molecular complexity index is 240. The van der Waals surface area contributed by atoms with Crippen molar-refractivity contribution in [2.45, 2.75) is 46.5 Å². The van der Waals surface area contributed by atoms with Crippen molar-refractivity contribution in [2.75, 3.05) is 19.6 Å². The Labute approximate surface area is 106 Å². The molecule has 1 amide bonds. The number of rotatable bonds is 6. The molecule has 1 heterocycles. The first-order chi connectivity index (χ1) is 8.06. The first-order valence-corrected chi connectivity index (χ1v) is 7.04. The summed E-state index contributed by atoms with van der Waals surface area (Å²) >= 11 is 0. The van der Waals surface area contributed by atoms with Crippen LogP contribution in [0.4, 0.5) is 0 Å². The zero-order valence-corrected chi connectivity index (χ0v) is 11.6. The highest BCUT2D eigenvalue weighted by molar-refractivity contribution is 5.76. The lowest BCUT2D eigenvalue weighted by Crippen LogP contribution is -2.32. The van der Waals surface area contributed by atoms with Crippen LogP contribution in [0.25, 0.3) is 0 Å². The first kappa shape index (κ1) is 14.5. The Balaban J connectivity index is 2.37. The fourth-order valence-electron chi connectivity index (χ4n) is 2.70. The van der Waals surface area contributed by atoms with Gasteiger partial charge in [-0.25, -0.2) is 0 Å². The summed E-state index contributed by atoms with van der Waals surface area (Å²) < 4.78 is 0. The predicted octanol–water partition coefficient (Wildman–Crippen LogP) is 2.26.